The van der Waals surface area contributed by atoms with Gasteiger partial charge in [-0.25, -0.2) is 4.98 Å². The number of rotatable bonds is 3. The van der Waals surface area contributed by atoms with Crippen molar-refractivity contribution in [2.45, 2.75) is 13.5 Å². The van der Waals surface area contributed by atoms with Crippen LogP contribution < -0.4 is 5.32 Å². The zero-order chi connectivity index (χ0) is 10.8. The summed E-state index contributed by atoms with van der Waals surface area (Å²) in [5.74, 6) is 1.41. The molecule has 15 heavy (non-hydrogen) atoms. The molecule has 0 fully saturated rings. The summed E-state index contributed by atoms with van der Waals surface area (Å²) >= 11 is 7.71. The summed E-state index contributed by atoms with van der Waals surface area (Å²) < 4.78 is 5.56. The lowest BCUT2D eigenvalue weighted by Gasteiger charge is -1.93. The molecule has 2 aromatic heterocycles. The molecule has 80 valence electrons. The van der Waals surface area contributed by atoms with E-state index in [9.17, 15) is 0 Å². The molecule has 1 N–H and O–H groups in total. The van der Waals surface area contributed by atoms with E-state index in [0.717, 1.165) is 21.2 Å². The Balaban J connectivity index is 2.33. The first kappa shape index (κ1) is 10.7. The highest BCUT2D eigenvalue weighted by atomic mass is 35.5. The summed E-state index contributed by atoms with van der Waals surface area (Å²) in [6, 6.07) is 0. The highest BCUT2D eigenvalue weighted by Gasteiger charge is 2.13. The average Bonchev–Trinajstić information content (AvgIpc) is 2.77. The van der Waals surface area contributed by atoms with E-state index in [2.05, 4.69) is 10.3 Å². The molecule has 3 nitrogen and oxygen atoms in total. The first-order valence-electron chi connectivity index (χ1n) is 4.55. The molecular weight excluding hydrogens is 232 g/mol. The van der Waals surface area contributed by atoms with Crippen LogP contribution in [0.3, 0.4) is 0 Å². The van der Waals surface area contributed by atoms with Crippen molar-refractivity contribution in [1.82, 2.24) is 10.3 Å². The van der Waals surface area contributed by atoms with Gasteiger partial charge in [0.1, 0.15) is 0 Å². The van der Waals surface area contributed by atoms with Gasteiger partial charge in [-0.1, -0.05) is 11.6 Å². The molecule has 0 radical (unpaired) electrons. The van der Waals surface area contributed by atoms with Crippen LogP contribution in [0.2, 0.25) is 5.02 Å². The molecule has 0 bridgehead atoms. The Labute approximate surface area is 97.1 Å². The number of hydrogen-bond acceptors (Lipinski definition) is 4. The number of nitrogens with zero attached hydrogens (tertiary/aromatic N) is 1. The molecule has 0 saturated heterocycles. The molecule has 0 aliphatic rings. The van der Waals surface area contributed by atoms with Gasteiger partial charge in [0, 0.05) is 0 Å². The van der Waals surface area contributed by atoms with Crippen molar-refractivity contribution in [1.29, 1.82) is 0 Å². The summed E-state index contributed by atoms with van der Waals surface area (Å²) in [5, 5.41) is 5.75. The predicted molar refractivity (Wildman–Crippen MR) is 62.3 cm³/mol. The first-order chi connectivity index (χ1) is 7.22. The van der Waals surface area contributed by atoms with Crippen molar-refractivity contribution in [3.05, 3.63) is 28.1 Å². The summed E-state index contributed by atoms with van der Waals surface area (Å²) in [6.07, 6.45) is 1.71. The highest BCUT2D eigenvalue weighted by molar-refractivity contribution is 7.14. The number of aromatic nitrogens is 1. The normalized spacial score (nSPS) is 10.9. The highest BCUT2D eigenvalue weighted by Crippen LogP contribution is 2.36. The third kappa shape index (κ3) is 2.07. The Morgan fingerprint density at radius 1 is 1.60 bits per heavy atom. The molecule has 0 atom stereocenters. The lowest BCUT2D eigenvalue weighted by molar-refractivity contribution is 0.492. The summed E-state index contributed by atoms with van der Waals surface area (Å²) in [7, 11) is 1.85. The van der Waals surface area contributed by atoms with Crippen LogP contribution in [0, 0.1) is 6.92 Å². The van der Waals surface area contributed by atoms with Crippen molar-refractivity contribution in [3.8, 4) is 10.6 Å². The molecule has 5 heteroatoms. The van der Waals surface area contributed by atoms with Gasteiger partial charge in [-0.05, 0) is 24.9 Å². The summed E-state index contributed by atoms with van der Waals surface area (Å²) in [4.78, 5) is 5.10. The maximum Gasteiger partial charge on any atom is 0.208 e. The largest absolute Gasteiger partial charge is 0.438 e. The van der Waals surface area contributed by atoms with Gasteiger partial charge in [-0.15, -0.1) is 11.3 Å². The third-order valence-electron chi connectivity index (χ3n) is 2.00. The Morgan fingerprint density at radius 2 is 2.40 bits per heavy atom. The number of halogens is 1. The van der Waals surface area contributed by atoms with Gasteiger partial charge in [0.25, 0.3) is 0 Å². The number of thiophene rings is 1. The van der Waals surface area contributed by atoms with Gasteiger partial charge in [-0.3, -0.25) is 0 Å². The molecular formula is C10H11ClN2OS. The minimum Gasteiger partial charge on any atom is -0.438 e. The van der Waals surface area contributed by atoms with Gasteiger partial charge < -0.3 is 9.73 Å². The van der Waals surface area contributed by atoms with E-state index in [4.69, 9.17) is 16.0 Å². The summed E-state index contributed by atoms with van der Waals surface area (Å²) in [5.41, 5.74) is 1.07. The van der Waals surface area contributed by atoms with Crippen LogP contribution >= 0.6 is 22.9 Å². The zero-order valence-electron chi connectivity index (χ0n) is 8.50. The maximum atomic E-state index is 6.14. The standard InChI is InChI=1S/C10H11ClN2OS/c1-6-5-15-10(9(6)11)7-3-13-8(14-7)4-12-2/h3,5,12H,4H2,1-2H3. The SMILES string of the molecule is CNCc1ncc(-c2scc(C)c2Cl)o1. The molecule has 2 heterocycles. The van der Waals surface area contributed by atoms with Crippen molar-refractivity contribution in [3.63, 3.8) is 0 Å². The number of nitrogens with one attached hydrogen (secondary N) is 1. The van der Waals surface area contributed by atoms with Crippen molar-refractivity contribution in [2.75, 3.05) is 7.05 Å². The lowest BCUT2D eigenvalue weighted by atomic mass is 10.3. The lowest BCUT2D eigenvalue weighted by Crippen LogP contribution is -2.04. The van der Waals surface area contributed by atoms with E-state index >= 15 is 0 Å². The third-order valence-corrected chi connectivity index (χ3v) is 3.72. The second-order valence-corrected chi connectivity index (χ2v) is 4.47. The maximum absolute atomic E-state index is 6.14. The molecule has 0 saturated carbocycles. The Bertz CT molecular complexity index is 464. The van der Waals surface area contributed by atoms with E-state index in [1.807, 2.05) is 19.4 Å². The van der Waals surface area contributed by atoms with Gasteiger partial charge in [0.15, 0.2) is 5.76 Å². The molecule has 2 aromatic rings. The second-order valence-electron chi connectivity index (χ2n) is 3.21. The molecule has 2 rings (SSSR count). The van der Waals surface area contributed by atoms with E-state index < -0.39 is 0 Å². The molecule has 0 unspecified atom stereocenters. The Morgan fingerprint density at radius 3 is 3.00 bits per heavy atom. The Hall–Kier alpha value is -0.840. The number of hydrogen-bond donors (Lipinski definition) is 1. The van der Waals surface area contributed by atoms with Crippen LogP contribution in [0.25, 0.3) is 10.6 Å². The van der Waals surface area contributed by atoms with Crippen molar-refractivity contribution >= 4 is 22.9 Å². The predicted octanol–water partition coefficient (Wildman–Crippen LogP) is 3.08. The van der Waals surface area contributed by atoms with E-state index in [1.165, 1.54) is 0 Å². The van der Waals surface area contributed by atoms with Crippen LogP contribution in [0.4, 0.5) is 0 Å². The topological polar surface area (TPSA) is 38.1 Å². The van der Waals surface area contributed by atoms with E-state index in [0.29, 0.717) is 12.4 Å². The smallest absolute Gasteiger partial charge is 0.208 e. The fourth-order valence-electron chi connectivity index (χ4n) is 1.24. The van der Waals surface area contributed by atoms with Crippen LogP contribution in [0.5, 0.6) is 0 Å². The minimum absolute atomic E-state index is 0.627. The van der Waals surface area contributed by atoms with Crippen LogP contribution in [0.1, 0.15) is 11.5 Å². The van der Waals surface area contributed by atoms with Gasteiger partial charge in [0.05, 0.1) is 22.6 Å². The zero-order valence-corrected chi connectivity index (χ0v) is 10.1. The summed E-state index contributed by atoms with van der Waals surface area (Å²) in [6.45, 7) is 2.61. The molecule has 0 aromatic carbocycles. The quantitative estimate of drug-likeness (QED) is 0.899. The van der Waals surface area contributed by atoms with Crippen LogP contribution in [-0.4, -0.2) is 12.0 Å². The number of oxazole rings is 1. The molecule has 0 amide bonds. The molecule has 0 aliphatic heterocycles. The number of aryl methyl sites for hydroxylation is 1. The van der Waals surface area contributed by atoms with Crippen LogP contribution in [-0.2, 0) is 6.54 Å². The average molecular weight is 243 g/mol. The fraction of sp³-hybridized carbons (Fsp3) is 0.300. The first-order valence-corrected chi connectivity index (χ1v) is 5.81. The van der Waals surface area contributed by atoms with Crippen LogP contribution in [0.15, 0.2) is 16.0 Å². The van der Waals surface area contributed by atoms with Gasteiger partial charge in [-0.2, -0.15) is 0 Å². The van der Waals surface area contributed by atoms with Crippen molar-refractivity contribution in [2.24, 2.45) is 0 Å². The van der Waals surface area contributed by atoms with E-state index in [-0.39, 0.29) is 0 Å². The minimum atomic E-state index is 0.627. The monoisotopic (exact) mass is 242 g/mol. The second kappa shape index (κ2) is 4.35. The molecule has 0 aliphatic carbocycles. The van der Waals surface area contributed by atoms with Gasteiger partial charge >= 0.3 is 0 Å². The van der Waals surface area contributed by atoms with Gasteiger partial charge in [0.2, 0.25) is 5.89 Å². The fourth-order valence-corrected chi connectivity index (χ4v) is 2.48. The molecule has 0 spiro atoms. The van der Waals surface area contributed by atoms with Crippen molar-refractivity contribution < 1.29 is 4.42 Å². The Kier molecular flexibility index (Phi) is 3.09. The van der Waals surface area contributed by atoms with E-state index in [1.54, 1.807) is 17.5 Å².